The molecular weight excluding hydrogens is 420 g/mol. The first kappa shape index (κ1) is 21.7. The van der Waals surface area contributed by atoms with Crippen LogP contribution < -0.4 is 4.31 Å². The van der Waals surface area contributed by atoms with Crippen LogP contribution in [0.15, 0.2) is 89.8 Å². The highest BCUT2D eigenvalue weighted by Gasteiger charge is 2.29. The van der Waals surface area contributed by atoms with Crippen LogP contribution in [-0.2, 0) is 14.8 Å². The average molecular weight is 438 g/mol. The summed E-state index contributed by atoms with van der Waals surface area (Å²) in [7, 11) is -2.96. The summed E-state index contributed by atoms with van der Waals surface area (Å²) in [5.74, 6) is -1.15. The van der Waals surface area contributed by atoms with Gasteiger partial charge in [0.25, 0.3) is 15.7 Å². The lowest BCUT2D eigenvalue weighted by Crippen LogP contribution is -2.27. The second-order valence-corrected chi connectivity index (χ2v) is 8.45. The summed E-state index contributed by atoms with van der Waals surface area (Å²) in [6.07, 6.45) is 1.05. The van der Waals surface area contributed by atoms with Gasteiger partial charge in [-0.3, -0.25) is 14.4 Å². The molecule has 3 aromatic rings. The lowest BCUT2D eigenvalue weighted by atomic mass is 9.97. The smallest absolute Gasteiger partial charge is 0.328 e. The van der Waals surface area contributed by atoms with Gasteiger partial charge in [-0.05, 0) is 34.9 Å². The van der Waals surface area contributed by atoms with E-state index in [-0.39, 0.29) is 5.69 Å². The molecule has 158 valence electrons. The summed E-state index contributed by atoms with van der Waals surface area (Å²) >= 11 is 0. The minimum absolute atomic E-state index is 0.225. The zero-order valence-electron chi connectivity index (χ0n) is 16.4. The molecule has 3 aromatic carbocycles. The van der Waals surface area contributed by atoms with Crippen LogP contribution in [0, 0.1) is 10.1 Å². The Bertz CT molecular complexity index is 1270. The third kappa shape index (κ3) is 4.62. The maximum atomic E-state index is 13.1. The van der Waals surface area contributed by atoms with E-state index in [2.05, 4.69) is 0 Å². The van der Waals surface area contributed by atoms with Crippen LogP contribution in [0.5, 0.6) is 0 Å². The summed E-state index contributed by atoms with van der Waals surface area (Å²) in [5, 5.41) is 20.6. The number of benzene rings is 3. The fourth-order valence-electron chi connectivity index (χ4n) is 3.06. The number of nitrogens with zero attached hydrogens (tertiary/aromatic N) is 2. The minimum atomic E-state index is -4.24. The average Bonchev–Trinajstić information content (AvgIpc) is 2.77. The van der Waals surface area contributed by atoms with Gasteiger partial charge in [0.1, 0.15) is 0 Å². The number of anilines is 1. The number of hydrogen-bond acceptors (Lipinski definition) is 5. The number of para-hydroxylation sites is 1. The molecule has 0 amide bonds. The number of aliphatic carboxylic acids is 1. The maximum Gasteiger partial charge on any atom is 0.328 e. The van der Waals surface area contributed by atoms with Gasteiger partial charge in [0.05, 0.1) is 10.6 Å². The van der Waals surface area contributed by atoms with Gasteiger partial charge in [-0.15, -0.1) is 0 Å². The van der Waals surface area contributed by atoms with Gasteiger partial charge in [-0.2, -0.15) is 0 Å². The molecule has 1 N–H and O–H groups in total. The van der Waals surface area contributed by atoms with E-state index in [1.165, 1.54) is 37.4 Å². The number of nitro benzene ring substituents is 1. The van der Waals surface area contributed by atoms with Gasteiger partial charge in [-0.25, -0.2) is 13.2 Å². The van der Waals surface area contributed by atoms with E-state index in [9.17, 15) is 28.4 Å². The highest BCUT2D eigenvalue weighted by Crippen LogP contribution is 2.31. The third-order valence-corrected chi connectivity index (χ3v) is 6.41. The van der Waals surface area contributed by atoms with Crippen LogP contribution in [0.2, 0.25) is 0 Å². The molecule has 31 heavy (non-hydrogen) atoms. The number of nitro groups is 1. The summed E-state index contributed by atoms with van der Waals surface area (Å²) in [4.78, 5) is 21.5. The highest BCUT2D eigenvalue weighted by atomic mass is 32.2. The van der Waals surface area contributed by atoms with Gasteiger partial charge >= 0.3 is 5.97 Å². The normalized spacial score (nSPS) is 11.7. The van der Waals surface area contributed by atoms with Crippen molar-refractivity contribution in [2.24, 2.45) is 0 Å². The number of sulfonamides is 1. The molecule has 0 aromatic heterocycles. The van der Waals surface area contributed by atoms with Crippen LogP contribution in [0.1, 0.15) is 11.1 Å². The second kappa shape index (κ2) is 8.80. The van der Waals surface area contributed by atoms with E-state index in [0.717, 1.165) is 16.4 Å². The van der Waals surface area contributed by atoms with Crippen molar-refractivity contribution < 1.29 is 23.2 Å². The minimum Gasteiger partial charge on any atom is -0.478 e. The molecule has 0 unspecified atom stereocenters. The van der Waals surface area contributed by atoms with Crippen molar-refractivity contribution in [2.45, 2.75) is 4.90 Å². The summed E-state index contributed by atoms with van der Waals surface area (Å²) in [6, 6.07) is 20.2. The van der Waals surface area contributed by atoms with E-state index in [1.54, 1.807) is 42.5 Å². The van der Waals surface area contributed by atoms with Gasteiger partial charge in [0.15, 0.2) is 4.90 Å². The van der Waals surface area contributed by atoms with Gasteiger partial charge in [0.2, 0.25) is 0 Å². The van der Waals surface area contributed by atoms with Crippen LogP contribution in [-0.4, -0.2) is 31.5 Å². The van der Waals surface area contributed by atoms with Crippen molar-refractivity contribution in [1.82, 2.24) is 0 Å². The quantitative estimate of drug-likeness (QED) is 0.339. The fraction of sp³-hybridized carbons (Fsp3) is 0.0455. The monoisotopic (exact) mass is 438 g/mol. The van der Waals surface area contributed by atoms with Crippen molar-refractivity contribution in [3.05, 3.63) is 106 Å². The second-order valence-electron chi connectivity index (χ2n) is 6.51. The van der Waals surface area contributed by atoms with Crippen molar-refractivity contribution >= 4 is 32.9 Å². The number of carboxylic acid groups (broad SMARTS) is 1. The molecule has 0 fully saturated rings. The zero-order chi connectivity index (χ0) is 22.6. The van der Waals surface area contributed by atoms with Crippen molar-refractivity contribution in [1.29, 1.82) is 0 Å². The van der Waals surface area contributed by atoms with E-state index in [4.69, 9.17) is 0 Å². The Balaban J connectivity index is 2.09. The molecule has 0 aliphatic carbocycles. The lowest BCUT2D eigenvalue weighted by molar-refractivity contribution is -0.387. The van der Waals surface area contributed by atoms with E-state index in [0.29, 0.717) is 16.7 Å². The predicted molar refractivity (Wildman–Crippen MR) is 116 cm³/mol. The van der Waals surface area contributed by atoms with E-state index >= 15 is 0 Å². The molecule has 9 heteroatoms. The molecule has 0 saturated carbocycles. The number of carboxylic acids is 1. The first-order valence-electron chi connectivity index (χ1n) is 9.04. The SMILES string of the molecule is CN(c1cccc(C(=CC(=O)O)c2ccccc2)c1)S(=O)(=O)c1ccccc1[N+](=O)[O-]. The van der Waals surface area contributed by atoms with E-state index < -0.39 is 31.5 Å². The van der Waals surface area contributed by atoms with E-state index in [1.807, 2.05) is 0 Å². The molecule has 3 rings (SSSR count). The Labute approximate surface area is 178 Å². The molecule has 0 saturated heterocycles. The number of carbonyl (C=O) groups is 1. The molecule has 0 radical (unpaired) electrons. The molecule has 0 aliphatic heterocycles. The zero-order valence-corrected chi connectivity index (χ0v) is 17.2. The summed E-state index contributed by atoms with van der Waals surface area (Å²) in [5.41, 5.74) is 1.22. The molecular formula is C22H18N2O6S. The summed E-state index contributed by atoms with van der Waals surface area (Å²) < 4.78 is 27.1. The lowest BCUT2D eigenvalue weighted by Gasteiger charge is -2.20. The van der Waals surface area contributed by atoms with Crippen LogP contribution >= 0.6 is 0 Å². The van der Waals surface area contributed by atoms with Crippen molar-refractivity contribution in [2.75, 3.05) is 11.4 Å². The molecule has 0 bridgehead atoms. The Kier molecular flexibility index (Phi) is 6.17. The first-order valence-corrected chi connectivity index (χ1v) is 10.5. The van der Waals surface area contributed by atoms with Crippen LogP contribution in [0.3, 0.4) is 0 Å². The molecule has 0 spiro atoms. The van der Waals surface area contributed by atoms with Crippen LogP contribution in [0.25, 0.3) is 5.57 Å². The molecule has 0 atom stereocenters. The first-order chi connectivity index (χ1) is 14.7. The largest absolute Gasteiger partial charge is 0.478 e. The summed E-state index contributed by atoms with van der Waals surface area (Å²) in [6.45, 7) is 0. The Morgan fingerprint density at radius 3 is 2.23 bits per heavy atom. The van der Waals surface area contributed by atoms with Gasteiger partial charge in [-0.1, -0.05) is 54.6 Å². The highest BCUT2D eigenvalue weighted by molar-refractivity contribution is 7.93. The molecule has 0 aliphatic rings. The Hall–Kier alpha value is -3.98. The topological polar surface area (TPSA) is 118 Å². The maximum absolute atomic E-state index is 13.1. The Morgan fingerprint density at radius 1 is 0.968 bits per heavy atom. The standard InChI is InChI=1S/C22H18N2O6S/c1-23(31(29,30)21-13-6-5-12-20(21)24(27)28)18-11-7-10-17(14-18)19(15-22(25)26)16-8-3-2-4-9-16/h2-15H,1H3,(H,25,26). The van der Waals surface area contributed by atoms with Crippen molar-refractivity contribution in [3.8, 4) is 0 Å². The van der Waals surface area contributed by atoms with Gasteiger partial charge < -0.3 is 5.11 Å². The fourth-order valence-corrected chi connectivity index (χ4v) is 4.40. The molecule has 0 heterocycles. The van der Waals surface area contributed by atoms with Crippen LogP contribution in [0.4, 0.5) is 11.4 Å². The molecule has 8 nitrogen and oxygen atoms in total. The third-order valence-electron chi connectivity index (χ3n) is 4.57. The van der Waals surface area contributed by atoms with Crippen molar-refractivity contribution in [3.63, 3.8) is 0 Å². The van der Waals surface area contributed by atoms with Gasteiger partial charge in [0, 0.05) is 19.2 Å². The Morgan fingerprint density at radius 2 is 1.58 bits per heavy atom. The predicted octanol–water partition coefficient (Wildman–Crippen LogP) is 3.94. The number of rotatable bonds is 7. The number of hydrogen-bond donors (Lipinski definition) is 1.